The predicted molar refractivity (Wildman–Crippen MR) is 26.9 cm³/mol. The Labute approximate surface area is 43.1 Å². The molecule has 2 aliphatic carbocycles. The molecular weight excluding hydrogens is 86.1 g/mol. The van der Waals surface area contributed by atoms with Crippen molar-refractivity contribution in [2.75, 3.05) is 6.54 Å². The fraction of sp³-hybridized carbons (Fsp3) is 1.00. The SMILES string of the molecule is C1C2CC23CN[C@H]13. The minimum atomic E-state index is 0.917. The normalized spacial score (nSPS) is 72.0. The first-order valence-electron chi connectivity index (χ1n) is 3.15. The molecule has 0 aromatic heterocycles. The second kappa shape index (κ2) is 0.576. The lowest BCUT2D eigenvalue weighted by Gasteiger charge is -2.47. The van der Waals surface area contributed by atoms with Crippen LogP contribution in [-0.4, -0.2) is 12.6 Å². The van der Waals surface area contributed by atoms with E-state index in [1.165, 1.54) is 18.9 Å². The van der Waals surface area contributed by atoms with E-state index in [1.807, 2.05) is 0 Å². The third-order valence-electron chi connectivity index (χ3n) is 3.17. The monoisotopic (exact) mass is 95.1 g/mol. The van der Waals surface area contributed by atoms with E-state index in [0.29, 0.717) is 0 Å². The first-order valence-corrected chi connectivity index (χ1v) is 3.15. The van der Waals surface area contributed by atoms with Crippen LogP contribution < -0.4 is 5.32 Å². The third kappa shape index (κ3) is 0.150. The summed E-state index contributed by atoms with van der Waals surface area (Å²) in [5.74, 6) is 1.18. The van der Waals surface area contributed by atoms with E-state index in [0.717, 1.165) is 11.5 Å². The van der Waals surface area contributed by atoms with E-state index in [-0.39, 0.29) is 0 Å². The third-order valence-corrected chi connectivity index (χ3v) is 3.17. The minimum absolute atomic E-state index is 0.917. The van der Waals surface area contributed by atoms with Gasteiger partial charge < -0.3 is 5.32 Å². The highest BCUT2D eigenvalue weighted by Gasteiger charge is 2.72. The summed E-state index contributed by atoms with van der Waals surface area (Å²) in [6.07, 6.45) is 3.06. The molecule has 0 radical (unpaired) electrons. The molecule has 1 nitrogen and oxygen atoms in total. The van der Waals surface area contributed by atoms with Crippen molar-refractivity contribution in [2.45, 2.75) is 18.9 Å². The Morgan fingerprint density at radius 3 is 2.57 bits per heavy atom. The van der Waals surface area contributed by atoms with Crippen LogP contribution in [-0.2, 0) is 0 Å². The first-order chi connectivity index (χ1) is 3.42. The van der Waals surface area contributed by atoms with Crippen molar-refractivity contribution in [3.8, 4) is 0 Å². The van der Waals surface area contributed by atoms with Crippen LogP contribution in [0, 0.1) is 11.3 Å². The van der Waals surface area contributed by atoms with Crippen LogP contribution in [0.5, 0.6) is 0 Å². The number of piperidine rings is 1. The molecule has 1 saturated heterocycles. The second-order valence-electron chi connectivity index (χ2n) is 3.30. The first kappa shape index (κ1) is 3.08. The zero-order valence-electron chi connectivity index (χ0n) is 4.28. The maximum Gasteiger partial charge on any atom is 0.0142 e. The summed E-state index contributed by atoms with van der Waals surface area (Å²) >= 11 is 0. The molecule has 2 unspecified atom stereocenters. The van der Waals surface area contributed by atoms with Gasteiger partial charge in [0, 0.05) is 18.0 Å². The Morgan fingerprint density at radius 1 is 1.57 bits per heavy atom. The van der Waals surface area contributed by atoms with Gasteiger partial charge in [0.05, 0.1) is 0 Å². The molecule has 0 amide bonds. The highest BCUT2D eigenvalue weighted by atomic mass is 15.1. The van der Waals surface area contributed by atoms with Gasteiger partial charge in [-0.3, -0.25) is 0 Å². The number of hydrogen-bond donors (Lipinski definition) is 1. The molecule has 1 spiro atoms. The lowest BCUT2D eigenvalue weighted by molar-refractivity contribution is 0.0906. The minimum Gasteiger partial charge on any atom is -0.313 e. The molecule has 1 N–H and O–H groups in total. The largest absolute Gasteiger partial charge is 0.313 e. The standard InChI is InChI=1S/C6H9N/c1-4-2-6(4)3-7-5(1)6/h4-5,7H,1-3H2/t4?,5-,6?/m1/s1. The van der Waals surface area contributed by atoms with Gasteiger partial charge in [0.25, 0.3) is 0 Å². The van der Waals surface area contributed by atoms with Gasteiger partial charge in [0.2, 0.25) is 0 Å². The van der Waals surface area contributed by atoms with E-state index in [1.54, 1.807) is 6.42 Å². The zero-order valence-corrected chi connectivity index (χ0v) is 4.28. The fourth-order valence-electron chi connectivity index (χ4n) is 2.31. The molecule has 3 fully saturated rings. The van der Waals surface area contributed by atoms with Gasteiger partial charge in [-0.05, 0) is 18.8 Å². The summed E-state index contributed by atoms with van der Waals surface area (Å²) in [5.41, 5.74) is 0.917. The van der Waals surface area contributed by atoms with Gasteiger partial charge >= 0.3 is 0 Å². The number of nitrogens with one attached hydrogen (secondary N) is 1. The lowest BCUT2D eigenvalue weighted by atomic mass is 9.72. The molecule has 3 atom stereocenters. The quantitative estimate of drug-likeness (QED) is 0.458. The molecule has 3 rings (SSSR count). The summed E-state index contributed by atoms with van der Waals surface area (Å²) in [4.78, 5) is 0. The predicted octanol–water partition coefficient (Wildman–Crippen LogP) is 0.368. The molecule has 0 aromatic carbocycles. The Balaban J connectivity index is 2.06. The van der Waals surface area contributed by atoms with Gasteiger partial charge in [-0.25, -0.2) is 0 Å². The van der Waals surface area contributed by atoms with Crippen LogP contribution in [0.3, 0.4) is 0 Å². The lowest BCUT2D eigenvalue weighted by Crippen LogP contribution is -2.61. The molecule has 2 saturated carbocycles. The van der Waals surface area contributed by atoms with Crippen molar-refractivity contribution in [3.05, 3.63) is 0 Å². The topological polar surface area (TPSA) is 12.0 Å². The van der Waals surface area contributed by atoms with Gasteiger partial charge in [-0.15, -0.1) is 0 Å². The highest BCUT2D eigenvalue weighted by molar-refractivity contribution is 5.26. The van der Waals surface area contributed by atoms with E-state index >= 15 is 0 Å². The molecule has 1 heterocycles. The van der Waals surface area contributed by atoms with Crippen LogP contribution >= 0.6 is 0 Å². The van der Waals surface area contributed by atoms with Crippen molar-refractivity contribution in [1.82, 2.24) is 5.32 Å². The summed E-state index contributed by atoms with van der Waals surface area (Å²) in [6, 6.07) is 0.984. The maximum absolute atomic E-state index is 3.43. The molecule has 38 valence electrons. The molecule has 0 aromatic rings. The summed E-state index contributed by atoms with van der Waals surface area (Å²) < 4.78 is 0. The van der Waals surface area contributed by atoms with Crippen LogP contribution in [0.15, 0.2) is 0 Å². The summed E-state index contributed by atoms with van der Waals surface area (Å²) in [5, 5.41) is 3.43. The second-order valence-corrected chi connectivity index (χ2v) is 3.30. The van der Waals surface area contributed by atoms with Crippen molar-refractivity contribution in [2.24, 2.45) is 11.3 Å². The smallest absolute Gasteiger partial charge is 0.0142 e. The Bertz CT molecular complexity index is 126. The van der Waals surface area contributed by atoms with Gasteiger partial charge in [0.1, 0.15) is 0 Å². The summed E-state index contributed by atoms with van der Waals surface area (Å²) in [7, 11) is 0. The highest BCUT2D eigenvalue weighted by Crippen LogP contribution is 2.71. The van der Waals surface area contributed by atoms with Gasteiger partial charge in [-0.2, -0.15) is 0 Å². The van der Waals surface area contributed by atoms with E-state index in [2.05, 4.69) is 5.32 Å². The molecule has 1 aliphatic heterocycles. The maximum atomic E-state index is 3.43. The number of hydrogen-bond acceptors (Lipinski definition) is 1. The Hall–Kier alpha value is -0.0400. The van der Waals surface area contributed by atoms with Gasteiger partial charge in [0.15, 0.2) is 0 Å². The molecular formula is C6H9N. The van der Waals surface area contributed by atoms with Gasteiger partial charge in [-0.1, -0.05) is 0 Å². The van der Waals surface area contributed by atoms with Crippen molar-refractivity contribution in [3.63, 3.8) is 0 Å². The van der Waals surface area contributed by atoms with Crippen LogP contribution in [0.4, 0.5) is 0 Å². The Kier molecular flexibility index (Phi) is 0.253. The van der Waals surface area contributed by atoms with Crippen molar-refractivity contribution < 1.29 is 0 Å². The molecule has 1 heteroatoms. The average molecular weight is 95.1 g/mol. The van der Waals surface area contributed by atoms with Crippen LogP contribution in [0.2, 0.25) is 0 Å². The average Bonchev–Trinajstić information content (AvgIpc) is 2.32. The number of rotatable bonds is 0. The fourth-order valence-corrected chi connectivity index (χ4v) is 2.31. The summed E-state index contributed by atoms with van der Waals surface area (Å²) in [6.45, 7) is 1.35. The molecule has 0 bridgehead atoms. The Morgan fingerprint density at radius 2 is 2.57 bits per heavy atom. The molecule has 3 aliphatic rings. The van der Waals surface area contributed by atoms with Crippen molar-refractivity contribution in [1.29, 1.82) is 0 Å². The van der Waals surface area contributed by atoms with E-state index < -0.39 is 0 Å². The van der Waals surface area contributed by atoms with E-state index in [9.17, 15) is 0 Å². The van der Waals surface area contributed by atoms with Crippen LogP contribution in [0.25, 0.3) is 0 Å². The van der Waals surface area contributed by atoms with Crippen molar-refractivity contribution >= 4 is 0 Å². The molecule has 7 heavy (non-hydrogen) atoms. The zero-order chi connectivity index (χ0) is 4.48. The van der Waals surface area contributed by atoms with E-state index in [4.69, 9.17) is 0 Å². The van der Waals surface area contributed by atoms with Crippen LogP contribution in [0.1, 0.15) is 12.8 Å².